The number of aromatic amines is 1. The molecule has 4 heteroatoms. The van der Waals surface area contributed by atoms with Crippen LogP contribution >= 0.6 is 0 Å². The molecule has 1 aromatic heterocycles. The summed E-state index contributed by atoms with van der Waals surface area (Å²) in [5.41, 5.74) is 3.23. The van der Waals surface area contributed by atoms with Gasteiger partial charge in [0, 0.05) is 17.8 Å². The van der Waals surface area contributed by atoms with Crippen molar-refractivity contribution in [1.82, 2.24) is 15.5 Å². The standard InChI is InChI=1S/C13H16FN3/c1-3-15-8-11-7-13(17-16-11)10-5-4-9(2)12(14)6-10/h4-7,15H,3,8H2,1-2H3,(H,16,17). The van der Waals surface area contributed by atoms with Crippen molar-refractivity contribution in [3.63, 3.8) is 0 Å². The molecular weight excluding hydrogens is 217 g/mol. The highest BCUT2D eigenvalue weighted by atomic mass is 19.1. The van der Waals surface area contributed by atoms with Crippen molar-refractivity contribution in [3.05, 3.63) is 41.3 Å². The van der Waals surface area contributed by atoms with Crippen molar-refractivity contribution in [1.29, 1.82) is 0 Å². The van der Waals surface area contributed by atoms with Crippen LogP contribution in [0.4, 0.5) is 4.39 Å². The molecule has 0 spiro atoms. The van der Waals surface area contributed by atoms with Crippen LogP contribution in [0.1, 0.15) is 18.2 Å². The van der Waals surface area contributed by atoms with Gasteiger partial charge in [-0.25, -0.2) is 4.39 Å². The Kier molecular flexibility index (Phi) is 3.54. The first-order valence-corrected chi connectivity index (χ1v) is 5.72. The average Bonchev–Trinajstić information content (AvgIpc) is 2.79. The molecule has 0 aliphatic heterocycles. The zero-order valence-corrected chi connectivity index (χ0v) is 10.0. The van der Waals surface area contributed by atoms with E-state index in [-0.39, 0.29) is 5.82 Å². The number of rotatable bonds is 4. The first-order chi connectivity index (χ1) is 8.20. The van der Waals surface area contributed by atoms with Crippen molar-refractivity contribution >= 4 is 0 Å². The molecular formula is C13H16FN3. The van der Waals surface area contributed by atoms with Crippen LogP contribution in [0.25, 0.3) is 11.3 Å². The number of nitrogens with one attached hydrogen (secondary N) is 2. The van der Waals surface area contributed by atoms with Crippen LogP contribution < -0.4 is 5.32 Å². The van der Waals surface area contributed by atoms with Crippen molar-refractivity contribution in [2.24, 2.45) is 0 Å². The summed E-state index contributed by atoms with van der Waals surface area (Å²) in [5.74, 6) is -0.196. The van der Waals surface area contributed by atoms with Gasteiger partial charge in [-0.2, -0.15) is 5.10 Å². The maximum atomic E-state index is 13.4. The van der Waals surface area contributed by atoms with E-state index in [1.54, 1.807) is 13.0 Å². The zero-order valence-electron chi connectivity index (χ0n) is 10.0. The second kappa shape index (κ2) is 5.10. The van der Waals surface area contributed by atoms with Crippen molar-refractivity contribution in [2.45, 2.75) is 20.4 Å². The van der Waals surface area contributed by atoms with E-state index in [4.69, 9.17) is 0 Å². The van der Waals surface area contributed by atoms with Crippen LogP contribution in [0.5, 0.6) is 0 Å². The quantitative estimate of drug-likeness (QED) is 0.852. The first kappa shape index (κ1) is 11.8. The Labute approximate surface area is 100 Å². The van der Waals surface area contributed by atoms with E-state index in [1.807, 2.05) is 19.1 Å². The van der Waals surface area contributed by atoms with E-state index >= 15 is 0 Å². The summed E-state index contributed by atoms with van der Waals surface area (Å²) in [6.07, 6.45) is 0. The van der Waals surface area contributed by atoms with Crippen LogP contribution in [0.15, 0.2) is 24.3 Å². The Bertz CT molecular complexity index is 505. The van der Waals surface area contributed by atoms with Crippen LogP contribution in [-0.4, -0.2) is 16.7 Å². The summed E-state index contributed by atoms with van der Waals surface area (Å²) in [6, 6.07) is 7.10. The highest BCUT2D eigenvalue weighted by Gasteiger charge is 2.06. The Morgan fingerprint density at radius 2 is 2.18 bits per heavy atom. The number of aryl methyl sites for hydroxylation is 1. The first-order valence-electron chi connectivity index (χ1n) is 5.72. The molecule has 0 amide bonds. The zero-order chi connectivity index (χ0) is 12.3. The molecule has 0 aliphatic carbocycles. The van der Waals surface area contributed by atoms with Gasteiger partial charge in [-0.05, 0) is 31.2 Å². The molecule has 0 bridgehead atoms. The third kappa shape index (κ3) is 2.71. The van der Waals surface area contributed by atoms with Gasteiger partial charge in [-0.1, -0.05) is 19.1 Å². The number of halogens is 1. The van der Waals surface area contributed by atoms with Gasteiger partial charge in [0.15, 0.2) is 0 Å². The molecule has 0 atom stereocenters. The minimum absolute atomic E-state index is 0.196. The lowest BCUT2D eigenvalue weighted by molar-refractivity contribution is 0.619. The van der Waals surface area contributed by atoms with E-state index < -0.39 is 0 Å². The maximum Gasteiger partial charge on any atom is 0.126 e. The van der Waals surface area contributed by atoms with Gasteiger partial charge in [0.2, 0.25) is 0 Å². The molecule has 1 aromatic carbocycles. The lowest BCUT2D eigenvalue weighted by atomic mass is 10.1. The molecule has 2 N–H and O–H groups in total. The smallest absolute Gasteiger partial charge is 0.126 e. The fourth-order valence-corrected chi connectivity index (χ4v) is 1.61. The Morgan fingerprint density at radius 1 is 1.35 bits per heavy atom. The topological polar surface area (TPSA) is 40.7 Å². The van der Waals surface area contributed by atoms with Crippen LogP contribution in [0, 0.1) is 12.7 Å². The molecule has 0 aliphatic rings. The number of hydrogen-bond donors (Lipinski definition) is 2. The third-order valence-electron chi connectivity index (χ3n) is 2.66. The van der Waals surface area contributed by atoms with Gasteiger partial charge < -0.3 is 5.32 Å². The summed E-state index contributed by atoms with van der Waals surface area (Å²) in [5, 5.41) is 10.3. The van der Waals surface area contributed by atoms with E-state index in [1.165, 1.54) is 6.07 Å². The molecule has 90 valence electrons. The molecule has 1 heterocycles. The lowest BCUT2D eigenvalue weighted by Gasteiger charge is -1.99. The summed E-state index contributed by atoms with van der Waals surface area (Å²) < 4.78 is 13.4. The predicted molar refractivity (Wildman–Crippen MR) is 66.1 cm³/mol. The molecule has 0 radical (unpaired) electrons. The molecule has 0 fully saturated rings. The SMILES string of the molecule is CCNCc1cc(-c2ccc(C)c(F)c2)n[nH]1. The van der Waals surface area contributed by atoms with Crippen molar-refractivity contribution in [2.75, 3.05) is 6.54 Å². The predicted octanol–water partition coefficient (Wildman–Crippen LogP) is 2.63. The van der Waals surface area contributed by atoms with Crippen molar-refractivity contribution < 1.29 is 4.39 Å². The summed E-state index contributed by atoms with van der Waals surface area (Å²) in [4.78, 5) is 0. The minimum atomic E-state index is -0.196. The number of aromatic nitrogens is 2. The van der Waals surface area contributed by atoms with E-state index in [9.17, 15) is 4.39 Å². The van der Waals surface area contributed by atoms with Crippen molar-refractivity contribution in [3.8, 4) is 11.3 Å². The third-order valence-corrected chi connectivity index (χ3v) is 2.66. The number of nitrogens with zero attached hydrogens (tertiary/aromatic N) is 1. The summed E-state index contributed by atoms with van der Waals surface area (Å²) >= 11 is 0. The Balaban J connectivity index is 2.21. The molecule has 0 unspecified atom stereocenters. The second-order valence-corrected chi connectivity index (χ2v) is 4.02. The monoisotopic (exact) mass is 233 g/mol. The van der Waals surface area contributed by atoms with Gasteiger partial charge in [-0.3, -0.25) is 5.10 Å². The minimum Gasteiger partial charge on any atom is -0.311 e. The Morgan fingerprint density at radius 3 is 2.88 bits per heavy atom. The van der Waals surface area contributed by atoms with Crippen LogP contribution in [0.2, 0.25) is 0 Å². The molecule has 2 rings (SSSR count). The largest absolute Gasteiger partial charge is 0.311 e. The highest BCUT2D eigenvalue weighted by molar-refractivity contribution is 5.59. The Hall–Kier alpha value is -1.68. The van der Waals surface area contributed by atoms with Gasteiger partial charge in [0.25, 0.3) is 0 Å². The van der Waals surface area contributed by atoms with E-state index in [0.717, 1.165) is 30.0 Å². The summed E-state index contributed by atoms with van der Waals surface area (Å²) in [6.45, 7) is 5.46. The summed E-state index contributed by atoms with van der Waals surface area (Å²) in [7, 11) is 0. The fourth-order valence-electron chi connectivity index (χ4n) is 1.61. The van der Waals surface area contributed by atoms with Gasteiger partial charge in [-0.15, -0.1) is 0 Å². The molecule has 17 heavy (non-hydrogen) atoms. The maximum absolute atomic E-state index is 13.4. The van der Waals surface area contributed by atoms with E-state index in [0.29, 0.717) is 5.56 Å². The normalized spacial score (nSPS) is 10.8. The molecule has 2 aromatic rings. The second-order valence-electron chi connectivity index (χ2n) is 4.02. The molecule has 3 nitrogen and oxygen atoms in total. The fraction of sp³-hybridized carbons (Fsp3) is 0.308. The number of hydrogen-bond acceptors (Lipinski definition) is 2. The van der Waals surface area contributed by atoms with E-state index in [2.05, 4.69) is 15.5 Å². The van der Waals surface area contributed by atoms with Crippen LogP contribution in [-0.2, 0) is 6.54 Å². The average molecular weight is 233 g/mol. The molecule has 0 saturated heterocycles. The number of H-pyrrole nitrogens is 1. The van der Waals surface area contributed by atoms with Gasteiger partial charge in [0.05, 0.1) is 5.69 Å². The van der Waals surface area contributed by atoms with Crippen LogP contribution in [0.3, 0.4) is 0 Å². The van der Waals surface area contributed by atoms with Gasteiger partial charge >= 0.3 is 0 Å². The molecule has 0 saturated carbocycles. The lowest BCUT2D eigenvalue weighted by Crippen LogP contribution is -2.11. The number of benzene rings is 1. The highest BCUT2D eigenvalue weighted by Crippen LogP contribution is 2.20. The van der Waals surface area contributed by atoms with Gasteiger partial charge in [0.1, 0.15) is 5.82 Å².